The fraction of sp³-hybridized carbons (Fsp3) is 0.438. The first-order chi connectivity index (χ1) is 10.2. The normalized spacial score (nSPS) is 10.5. The van der Waals surface area contributed by atoms with E-state index in [2.05, 4.69) is 5.32 Å². The molecule has 1 aromatic rings. The van der Waals surface area contributed by atoms with Crippen LogP contribution in [0.2, 0.25) is 0 Å². The molecule has 0 saturated carbocycles. The lowest BCUT2D eigenvalue weighted by molar-refractivity contribution is 0.0635. The number of benzene rings is 1. The Bertz CT molecular complexity index is 585. The number of hydrogen-bond acceptors (Lipinski definition) is 4. The quantitative estimate of drug-likeness (QED) is 0.926. The van der Waals surface area contributed by atoms with E-state index in [1.165, 1.54) is 4.90 Å². The molecule has 0 fully saturated rings. The van der Waals surface area contributed by atoms with Crippen molar-refractivity contribution in [1.82, 2.24) is 4.90 Å². The molecule has 0 aliphatic rings. The van der Waals surface area contributed by atoms with Crippen molar-refractivity contribution in [2.24, 2.45) is 0 Å². The lowest BCUT2D eigenvalue weighted by Gasteiger charge is -2.20. The first-order valence-electron chi connectivity index (χ1n) is 6.95. The Balaban J connectivity index is 2.76. The fourth-order valence-electron chi connectivity index (χ4n) is 1.69. The molecule has 2 amide bonds. The van der Waals surface area contributed by atoms with E-state index >= 15 is 0 Å². The van der Waals surface area contributed by atoms with Crippen LogP contribution in [0.4, 0.5) is 10.5 Å². The Kier molecular flexibility index (Phi) is 5.93. The van der Waals surface area contributed by atoms with Gasteiger partial charge in [0.2, 0.25) is 0 Å². The highest BCUT2D eigenvalue weighted by atomic mass is 16.6. The van der Waals surface area contributed by atoms with Gasteiger partial charge in [-0.05, 0) is 39.0 Å². The highest BCUT2D eigenvalue weighted by molar-refractivity contribution is 5.96. The van der Waals surface area contributed by atoms with Crippen molar-refractivity contribution in [3.63, 3.8) is 0 Å². The molecular formula is C16H21N3O3. The summed E-state index contributed by atoms with van der Waals surface area (Å²) in [5.74, 6) is -0.205. The number of anilines is 1. The van der Waals surface area contributed by atoms with E-state index in [0.29, 0.717) is 17.8 Å². The molecule has 0 unspecified atom stereocenters. The molecule has 118 valence electrons. The topological polar surface area (TPSA) is 82.4 Å². The molecule has 0 aliphatic heterocycles. The highest BCUT2D eigenvalue weighted by Gasteiger charge is 2.17. The third kappa shape index (κ3) is 5.83. The van der Waals surface area contributed by atoms with Gasteiger partial charge in [-0.3, -0.25) is 10.1 Å². The zero-order chi connectivity index (χ0) is 16.8. The summed E-state index contributed by atoms with van der Waals surface area (Å²) in [4.78, 5) is 25.4. The Morgan fingerprint density at radius 1 is 1.36 bits per heavy atom. The van der Waals surface area contributed by atoms with Gasteiger partial charge in [0.25, 0.3) is 5.91 Å². The summed E-state index contributed by atoms with van der Waals surface area (Å²) in [5, 5.41) is 11.1. The predicted molar refractivity (Wildman–Crippen MR) is 83.5 cm³/mol. The number of hydrogen-bond donors (Lipinski definition) is 1. The molecule has 1 rings (SSSR count). The second-order valence-electron chi connectivity index (χ2n) is 5.84. The van der Waals surface area contributed by atoms with E-state index in [0.717, 1.165) is 0 Å². The monoisotopic (exact) mass is 303 g/mol. The van der Waals surface area contributed by atoms with Gasteiger partial charge in [-0.1, -0.05) is 6.07 Å². The van der Waals surface area contributed by atoms with Gasteiger partial charge in [0.05, 0.1) is 12.5 Å². The van der Waals surface area contributed by atoms with Crippen molar-refractivity contribution < 1.29 is 14.3 Å². The van der Waals surface area contributed by atoms with Gasteiger partial charge < -0.3 is 9.64 Å². The van der Waals surface area contributed by atoms with Crippen LogP contribution in [0.25, 0.3) is 0 Å². The Labute approximate surface area is 130 Å². The number of nitrogens with one attached hydrogen (secondary N) is 1. The summed E-state index contributed by atoms with van der Waals surface area (Å²) in [7, 11) is 1.63. The lowest BCUT2D eigenvalue weighted by Crippen LogP contribution is -2.28. The van der Waals surface area contributed by atoms with Gasteiger partial charge in [0.1, 0.15) is 5.60 Å². The van der Waals surface area contributed by atoms with Crippen molar-refractivity contribution in [1.29, 1.82) is 5.26 Å². The standard InChI is InChI=1S/C16H21N3O3/c1-16(2,3)22-15(21)18-13-8-5-7-12(11-13)14(20)19(4)10-6-9-17/h5,7-8,11H,6,10H2,1-4H3,(H,18,21). The Hall–Kier alpha value is -2.55. The number of amides is 2. The van der Waals surface area contributed by atoms with Crippen LogP contribution in [0.3, 0.4) is 0 Å². The first kappa shape index (κ1) is 17.5. The minimum absolute atomic E-state index is 0.205. The zero-order valence-electron chi connectivity index (χ0n) is 13.3. The van der Waals surface area contributed by atoms with Gasteiger partial charge in [-0.15, -0.1) is 0 Å². The second kappa shape index (κ2) is 7.46. The van der Waals surface area contributed by atoms with Crippen molar-refractivity contribution in [3.05, 3.63) is 29.8 Å². The predicted octanol–water partition coefficient (Wildman–Crippen LogP) is 3.02. The van der Waals surface area contributed by atoms with Crippen LogP contribution in [0.15, 0.2) is 24.3 Å². The zero-order valence-corrected chi connectivity index (χ0v) is 13.3. The number of nitrogens with zero attached hydrogens (tertiary/aromatic N) is 2. The largest absolute Gasteiger partial charge is 0.444 e. The van der Waals surface area contributed by atoms with Gasteiger partial charge in [-0.25, -0.2) is 4.79 Å². The Morgan fingerprint density at radius 2 is 2.05 bits per heavy atom. The van der Waals surface area contributed by atoms with Crippen LogP contribution in [0.5, 0.6) is 0 Å². The summed E-state index contributed by atoms with van der Waals surface area (Å²) in [6.07, 6.45) is -0.298. The average molecular weight is 303 g/mol. The smallest absolute Gasteiger partial charge is 0.412 e. The van der Waals surface area contributed by atoms with Crippen LogP contribution < -0.4 is 5.32 Å². The number of carbonyl (C=O) groups is 2. The summed E-state index contributed by atoms with van der Waals surface area (Å²) >= 11 is 0. The van der Waals surface area contributed by atoms with Crippen LogP contribution in [-0.2, 0) is 4.74 Å². The summed E-state index contributed by atoms with van der Waals surface area (Å²) < 4.78 is 5.16. The van der Waals surface area contributed by atoms with E-state index in [1.807, 2.05) is 6.07 Å². The molecule has 1 N–H and O–H groups in total. The number of nitriles is 1. The number of rotatable bonds is 4. The lowest BCUT2D eigenvalue weighted by atomic mass is 10.1. The number of carbonyl (C=O) groups excluding carboxylic acids is 2. The maximum atomic E-state index is 12.2. The average Bonchev–Trinajstić information content (AvgIpc) is 2.42. The van der Waals surface area contributed by atoms with E-state index in [4.69, 9.17) is 10.00 Å². The molecule has 0 radical (unpaired) electrons. The summed E-state index contributed by atoms with van der Waals surface area (Å²) in [6.45, 7) is 5.68. The molecule has 0 aromatic heterocycles. The van der Waals surface area contributed by atoms with Gasteiger partial charge in [0.15, 0.2) is 0 Å². The molecule has 0 bridgehead atoms. The third-order valence-electron chi connectivity index (χ3n) is 2.66. The van der Waals surface area contributed by atoms with Crippen molar-refractivity contribution in [2.45, 2.75) is 32.8 Å². The van der Waals surface area contributed by atoms with Gasteiger partial charge in [-0.2, -0.15) is 5.26 Å². The molecular weight excluding hydrogens is 282 g/mol. The highest BCUT2D eigenvalue weighted by Crippen LogP contribution is 2.15. The molecule has 0 heterocycles. The molecule has 0 saturated heterocycles. The summed E-state index contributed by atoms with van der Waals surface area (Å²) in [6, 6.07) is 8.59. The fourth-order valence-corrected chi connectivity index (χ4v) is 1.69. The van der Waals surface area contributed by atoms with E-state index in [9.17, 15) is 9.59 Å². The molecule has 0 aliphatic carbocycles. The second-order valence-corrected chi connectivity index (χ2v) is 5.84. The van der Waals surface area contributed by atoms with Crippen LogP contribution in [-0.4, -0.2) is 36.1 Å². The SMILES string of the molecule is CN(CCC#N)C(=O)c1cccc(NC(=O)OC(C)(C)C)c1. The van der Waals surface area contributed by atoms with Crippen molar-refractivity contribution in [2.75, 3.05) is 18.9 Å². The number of ether oxygens (including phenoxy) is 1. The molecule has 6 nitrogen and oxygen atoms in total. The third-order valence-corrected chi connectivity index (χ3v) is 2.66. The van der Waals surface area contributed by atoms with Crippen molar-refractivity contribution >= 4 is 17.7 Å². The first-order valence-corrected chi connectivity index (χ1v) is 6.95. The van der Waals surface area contributed by atoms with Gasteiger partial charge in [0, 0.05) is 24.8 Å². The van der Waals surface area contributed by atoms with Crippen LogP contribution >= 0.6 is 0 Å². The van der Waals surface area contributed by atoms with Crippen LogP contribution in [0, 0.1) is 11.3 Å². The molecule has 1 aromatic carbocycles. The molecule has 6 heteroatoms. The van der Waals surface area contributed by atoms with Crippen LogP contribution in [0.1, 0.15) is 37.6 Å². The summed E-state index contributed by atoms with van der Waals surface area (Å²) in [5.41, 5.74) is 0.331. The van der Waals surface area contributed by atoms with Gasteiger partial charge >= 0.3 is 6.09 Å². The molecule has 0 spiro atoms. The minimum atomic E-state index is -0.588. The maximum absolute atomic E-state index is 12.2. The van der Waals surface area contributed by atoms with E-state index < -0.39 is 11.7 Å². The Morgan fingerprint density at radius 3 is 2.64 bits per heavy atom. The maximum Gasteiger partial charge on any atom is 0.412 e. The molecule has 0 atom stereocenters. The van der Waals surface area contributed by atoms with E-state index in [-0.39, 0.29) is 12.3 Å². The van der Waals surface area contributed by atoms with Crippen molar-refractivity contribution in [3.8, 4) is 6.07 Å². The molecule has 22 heavy (non-hydrogen) atoms. The minimum Gasteiger partial charge on any atom is -0.444 e. The van der Waals surface area contributed by atoms with E-state index in [1.54, 1.807) is 52.1 Å².